The number of nitrogens with zero attached hydrogens (tertiary/aromatic N) is 1. The first kappa shape index (κ1) is 14.7. The van der Waals surface area contributed by atoms with Gasteiger partial charge in [-0.05, 0) is 35.8 Å². The third kappa shape index (κ3) is 2.78. The Morgan fingerprint density at radius 1 is 0.833 bits per heavy atom. The Labute approximate surface area is 144 Å². The molecule has 2 bridgehead atoms. The lowest BCUT2D eigenvalue weighted by Crippen LogP contribution is -2.63. The van der Waals surface area contributed by atoms with Crippen molar-refractivity contribution in [3.05, 3.63) is 71.8 Å². The van der Waals surface area contributed by atoms with Crippen molar-refractivity contribution in [3.8, 4) is 0 Å². The van der Waals surface area contributed by atoms with E-state index in [4.69, 9.17) is 0 Å². The zero-order valence-electron chi connectivity index (χ0n) is 14.1. The molecule has 2 aliphatic heterocycles. The molecule has 24 heavy (non-hydrogen) atoms. The van der Waals surface area contributed by atoms with Gasteiger partial charge in [-0.2, -0.15) is 0 Å². The third-order valence-corrected chi connectivity index (χ3v) is 6.28. The van der Waals surface area contributed by atoms with Crippen molar-refractivity contribution in [1.82, 2.24) is 10.2 Å². The van der Waals surface area contributed by atoms with Crippen molar-refractivity contribution in [1.29, 1.82) is 0 Å². The van der Waals surface area contributed by atoms with Crippen molar-refractivity contribution in [2.24, 2.45) is 11.8 Å². The molecule has 0 radical (unpaired) electrons. The number of piperidine rings is 2. The molecule has 6 rings (SSSR count). The number of benzene rings is 2. The normalized spacial score (nSPS) is 34.6. The molecule has 2 heteroatoms. The van der Waals surface area contributed by atoms with Gasteiger partial charge in [0.15, 0.2) is 0 Å². The van der Waals surface area contributed by atoms with E-state index in [2.05, 4.69) is 70.9 Å². The fourth-order valence-corrected chi connectivity index (χ4v) is 4.92. The number of nitrogens with one attached hydrogen (secondary N) is 1. The molecule has 0 amide bonds. The molecule has 2 aromatic rings. The number of hydrogen-bond donors (Lipinski definition) is 1. The van der Waals surface area contributed by atoms with Crippen LogP contribution in [0, 0.1) is 11.8 Å². The summed E-state index contributed by atoms with van der Waals surface area (Å²) in [6.45, 7) is 3.66. The third-order valence-electron chi connectivity index (χ3n) is 6.28. The van der Waals surface area contributed by atoms with Gasteiger partial charge in [0.05, 0.1) is 0 Å². The first-order valence-electron chi connectivity index (χ1n) is 9.44. The predicted octanol–water partition coefficient (Wildman–Crippen LogP) is 3.65. The summed E-state index contributed by atoms with van der Waals surface area (Å²) in [5.41, 5.74) is 2.97. The van der Waals surface area contributed by atoms with Gasteiger partial charge in [-0.25, -0.2) is 0 Å². The van der Waals surface area contributed by atoms with E-state index in [1.54, 1.807) is 0 Å². The maximum Gasteiger partial charge on any atom is 0.0233 e. The molecule has 2 aliphatic carbocycles. The minimum absolute atomic E-state index is 0.725. The fourth-order valence-electron chi connectivity index (χ4n) is 4.92. The Bertz CT molecular complexity index is 672. The molecule has 5 atom stereocenters. The molecule has 2 unspecified atom stereocenters. The maximum absolute atomic E-state index is 4.00. The lowest BCUT2D eigenvalue weighted by atomic mass is 9.66. The summed E-state index contributed by atoms with van der Waals surface area (Å²) < 4.78 is 0. The highest BCUT2D eigenvalue weighted by atomic mass is 15.2. The fraction of sp³-hybridized carbons (Fsp3) is 0.455. The number of rotatable bonds is 5. The molecule has 4 fully saturated rings. The molecule has 4 aliphatic rings. The van der Waals surface area contributed by atoms with Crippen LogP contribution in [0.5, 0.6) is 0 Å². The molecule has 2 aromatic carbocycles. The van der Waals surface area contributed by atoms with Crippen LogP contribution in [-0.2, 0) is 6.54 Å². The SMILES string of the molecule is c1ccc(CN2C[C@H]3C[C@@H](C2)C3N[C@@H]2CC2c2ccccc2)cc1. The van der Waals surface area contributed by atoms with Crippen LogP contribution >= 0.6 is 0 Å². The highest BCUT2D eigenvalue weighted by molar-refractivity contribution is 5.28. The second-order valence-corrected chi connectivity index (χ2v) is 7.99. The van der Waals surface area contributed by atoms with Crippen molar-refractivity contribution in [3.63, 3.8) is 0 Å². The first-order valence-corrected chi connectivity index (χ1v) is 9.44. The van der Waals surface area contributed by atoms with E-state index in [0.29, 0.717) is 0 Å². The summed E-state index contributed by atoms with van der Waals surface area (Å²) in [5.74, 6) is 2.49. The van der Waals surface area contributed by atoms with Crippen LogP contribution in [0.2, 0.25) is 0 Å². The van der Waals surface area contributed by atoms with Gasteiger partial charge in [0, 0.05) is 37.6 Å². The van der Waals surface area contributed by atoms with Gasteiger partial charge >= 0.3 is 0 Å². The average molecular weight is 318 g/mol. The Balaban J connectivity index is 1.15. The van der Waals surface area contributed by atoms with Crippen molar-refractivity contribution in [2.75, 3.05) is 13.1 Å². The van der Waals surface area contributed by atoms with Crippen molar-refractivity contribution < 1.29 is 0 Å². The minimum Gasteiger partial charge on any atom is -0.310 e. The quantitative estimate of drug-likeness (QED) is 0.905. The first-order chi connectivity index (χ1) is 11.9. The van der Waals surface area contributed by atoms with E-state index < -0.39 is 0 Å². The summed E-state index contributed by atoms with van der Waals surface area (Å²) in [7, 11) is 0. The van der Waals surface area contributed by atoms with Gasteiger partial charge in [0.2, 0.25) is 0 Å². The highest BCUT2D eigenvalue weighted by Crippen LogP contribution is 2.46. The monoisotopic (exact) mass is 318 g/mol. The summed E-state index contributed by atoms with van der Waals surface area (Å²) in [4.78, 5) is 2.66. The molecule has 1 N–H and O–H groups in total. The van der Waals surface area contributed by atoms with Gasteiger partial charge in [-0.1, -0.05) is 60.7 Å². The Morgan fingerprint density at radius 3 is 2.21 bits per heavy atom. The second-order valence-electron chi connectivity index (χ2n) is 7.99. The van der Waals surface area contributed by atoms with Crippen LogP contribution in [0.4, 0.5) is 0 Å². The lowest BCUT2D eigenvalue weighted by Gasteiger charge is -2.54. The van der Waals surface area contributed by atoms with Gasteiger partial charge in [-0.3, -0.25) is 4.90 Å². The minimum atomic E-state index is 0.725. The second kappa shape index (κ2) is 6.02. The molecule has 2 nitrogen and oxygen atoms in total. The van der Waals surface area contributed by atoms with Crippen LogP contribution in [0.15, 0.2) is 60.7 Å². The standard InChI is InChI=1S/C22H26N2/c1-3-7-16(8-4-1)13-24-14-18-11-19(15-24)22(18)23-21-12-20(21)17-9-5-2-6-10-17/h1-10,18-23H,11-15H2/t18-,19+,20?,21-,22?/m1/s1. The van der Waals surface area contributed by atoms with Crippen LogP contribution in [-0.4, -0.2) is 30.1 Å². The Morgan fingerprint density at radius 2 is 1.50 bits per heavy atom. The number of hydrogen-bond acceptors (Lipinski definition) is 2. The highest BCUT2D eigenvalue weighted by Gasteiger charge is 2.50. The summed E-state index contributed by atoms with van der Waals surface area (Å²) in [6, 6.07) is 23.5. The average Bonchev–Trinajstić information content (AvgIpc) is 3.41. The molecule has 2 heterocycles. The topological polar surface area (TPSA) is 15.3 Å². The van der Waals surface area contributed by atoms with Gasteiger partial charge in [0.1, 0.15) is 0 Å². The maximum atomic E-state index is 4.00. The van der Waals surface area contributed by atoms with E-state index in [1.807, 2.05) is 0 Å². The number of fused-ring (bicyclic) bond motifs is 2. The van der Waals surface area contributed by atoms with Crippen LogP contribution in [0.3, 0.4) is 0 Å². The van der Waals surface area contributed by atoms with E-state index in [-0.39, 0.29) is 0 Å². The molecular weight excluding hydrogens is 292 g/mol. The van der Waals surface area contributed by atoms with Crippen LogP contribution in [0.25, 0.3) is 0 Å². The van der Waals surface area contributed by atoms with Crippen LogP contribution < -0.4 is 5.32 Å². The van der Waals surface area contributed by atoms with E-state index in [9.17, 15) is 0 Å². The molecular formula is C22H26N2. The van der Waals surface area contributed by atoms with Crippen molar-refractivity contribution in [2.45, 2.75) is 37.4 Å². The molecule has 0 aromatic heterocycles. The van der Waals surface area contributed by atoms with E-state index in [1.165, 1.54) is 37.1 Å². The summed E-state index contributed by atoms with van der Waals surface area (Å²) >= 11 is 0. The Kier molecular flexibility index (Phi) is 3.68. The Hall–Kier alpha value is -1.64. The van der Waals surface area contributed by atoms with Crippen molar-refractivity contribution >= 4 is 0 Å². The largest absolute Gasteiger partial charge is 0.310 e. The molecule has 124 valence electrons. The summed E-state index contributed by atoms with van der Waals surface area (Å²) in [5, 5.41) is 4.00. The molecule has 2 saturated heterocycles. The van der Waals surface area contributed by atoms with E-state index in [0.717, 1.165) is 36.4 Å². The van der Waals surface area contributed by atoms with Gasteiger partial charge in [0.25, 0.3) is 0 Å². The van der Waals surface area contributed by atoms with Gasteiger partial charge < -0.3 is 5.32 Å². The van der Waals surface area contributed by atoms with Gasteiger partial charge in [-0.15, -0.1) is 0 Å². The molecule has 2 saturated carbocycles. The summed E-state index contributed by atoms with van der Waals surface area (Å²) in [6.07, 6.45) is 2.76. The van der Waals surface area contributed by atoms with Crippen LogP contribution in [0.1, 0.15) is 29.9 Å². The zero-order chi connectivity index (χ0) is 15.9. The zero-order valence-corrected chi connectivity index (χ0v) is 14.1. The van der Waals surface area contributed by atoms with E-state index >= 15 is 0 Å². The lowest BCUT2D eigenvalue weighted by molar-refractivity contribution is -0.0195. The smallest absolute Gasteiger partial charge is 0.0233 e. The predicted molar refractivity (Wildman–Crippen MR) is 97.8 cm³/mol. The molecule has 0 spiro atoms.